The molecule has 14 heteroatoms. The normalized spacial score (nSPS) is 17.1. The van der Waals surface area contributed by atoms with Crippen LogP contribution in [-0.2, 0) is 19.1 Å². The third-order valence-corrected chi connectivity index (χ3v) is 11.5. The molecule has 2 fully saturated rings. The average molecular weight is 793 g/mol. The molecule has 1 spiro atoms. The van der Waals surface area contributed by atoms with Gasteiger partial charge in [-0.3, -0.25) is 9.59 Å². The van der Waals surface area contributed by atoms with Crippen LogP contribution >= 0.6 is 0 Å². The number of benzene rings is 2. The maximum Gasteiger partial charge on any atom is 0.407 e. The van der Waals surface area contributed by atoms with Gasteiger partial charge < -0.3 is 39.9 Å². The quantitative estimate of drug-likeness (QED) is 0.108. The number of hydrogen-bond acceptors (Lipinski definition) is 8. The van der Waals surface area contributed by atoms with Crippen LogP contribution in [0.25, 0.3) is 22.3 Å². The van der Waals surface area contributed by atoms with Gasteiger partial charge in [0.25, 0.3) is 0 Å². The molecule has 0 bridgehead atoms. The van der Waals surface area contributed by atoms with E-state index < -0.39 is 24.1 Å². The Kier molecular flexibility index (Phi) is 12.8. The van der Waals surface area contributed by atoms with Crippen LogP contribution in [0.2, 0.25) is 0 Å². The summed E-state index contributed by atoms with van der Waals surface area (Å²) >= 11 is 0. The first-order chi connectivity index (χ1) is 27.8. The summed E-state index contributed by atoms with van der Waals surface area (Å²) in [5, 5.41) is 5.42. The van der Waals surface area contributed by atoms with E-state index in [9.17, 15) is 19.2 Å². The van der Waals surface area contributed by atoms with E-state index in [4.69, 9.17) is 19.4 Å². The summed E-state index contributed by atoms with van der Waals surface area (Å²) < 4.78 is 9.52. The van der Waals surface area contributed by atoms with Crippen molar-refractivity contribution in [1.82, 2.24) is 40.4 Å². The number of aromatic nitrogens is 4. The number of hydrogen-bond donors (Lipinski definition) is 4. The predicted molar refractivity (Wildman–Crippen MR) is 220 cm³/mol. The molecular formula is C44H56N8O6. The van der Waals surface area contributed by atoms with Crippen molar-refractivity contribution in [2.24, 2.45) is 23.2 Å². The van der Waals surface area contributed by atoms with Crippen LogP contribution in [0.4, 0.5) is 9.59 Å². The molecule has 308 valence electrons. The van der Waals surface area contributed by atoms with Crippen LogP contribution in [-0.4, -0.2) is 93.6 Å². The van der Waals surface area contributed by atoms with Gasteiger partial charge in [0, 0.05) is 42.5 Å². The average Bonchev–Trinajstić information content (AvgIpc) is 3.52. The molecule has 4 aromatic rings. The van der Waals surface area contributed by atoms with Crippen LogP contribution in [0.15, 0.2) is 48.7 Å². The number of rotatable bonds is 13. The number of methoxy groups -OCH3 is 2. The zero-order valence-electron chi connectivity index (χ0n) is 34.8. The fourth-order valence-electron chi connectivity index (χ4n) is 7.74. The van der Waals surface area contributed by atoms with Gasteiger partial charge in [0.1, 0.15) is 17.7 Å². The van der Waals surface area contributed by atoms with Crippen LogP contribution in [0.5, 0.6) is 0 Å². The van der Waals surface area contributed by atoms with E-state index in [2.05, 4.69) is 32.4 Å². The third-order valence-electron chi connectivity index (χ3n) is 11.5. The highest BCUT2D eigenvalue weighted by Gasteiger charge is 2.55. The monoisotopic (exact) mass is 792 g/mol. The standard InChI is InChI=1S/C44H56N8O6/c1-9-20-51(40(53)32(26(2)3)23-46-42(55)57-7)28(6)38-47-33-17-14-30(21-34(33)48-38)11-10-29-12-15-31(16-13-29)35-24-45-39(49-35)36-22-44(18-19-44)25-52(36)41(54)37(27(4)5)50-43(56)58-8/h12-17,21,24,26-28,32,36-37H,9,18-20,22-23,25H2,1-8H3,(H,45,49)(H,46,55)(H,47,48)(H,50,56)/t28-,32-,36-,37-/m0/s1. The molecule has 0 unspecified atom stereocenters. The van der Waals surface area contributed by atoms with E-state index in [1.165, 1.54) is 14.2 Å². The summed E-state index contributed by atoms with van der Waals surface area (Å²) in [5.74, 6) is 7.25. The Hall–Kier alpha value is -5.84. The van der Waals surface area contributed by atoms with Crippen molar-refractivity contribution >= 4 is 35.0 Å². The van der Waals surface area contributed by atoms with Crippen LogP contribution in [0.1, 0.15) is 102 Å². The second-order valence-electron chi connectivity index (χ2n) is 16.3. The fourth-order valence-corrected chi connectivity index (χ4v) is 7.74. The number of imidazole rings is 2. The second-order valence-corrected chi connectivity index (χ2v) is 16.3. The summed E-state index contributed by atoms with van der Waals surface area (Å²) in [6.07, 6.45) is 4.46. The minimum atomic E-state index is -0.694. The van der Waals surface area contributed by atoms with Gasteiger partial charge in [-0.15, -0.1) is 0 Å². The molecule has 2 aromatic heterocycles. The van der Waals surface area contributed by atoms with E-state index in [0.29, 0.717) is 18.9 Å². The lowest BCUT2D eigenvalue weighted by Crippen LogP contribution is -2.51. The minimum absolute atomic E-state index is 0.00624. The lowest BCUT2D eigenvalue weighted by atomic mass is 9.93. The van der Waals surface area contributed by atoms with Crippen LogP contribution in [0.3, 0.4) is 0 Å². The van der Waals surface area contributed by atoms with Crippen molar-refractivity contribution in [1.29, 1.82) is 0 Å². The predicted octanol–water partition coefficient (Wildman–Crippen LogP) is 6.71. The first-order valence-corrected chi connectivity index (χ1v) is 20.2. The molecule has 6 rings (SSSR count). The van der Waals surface area contributed by atoms with E-state index in [1.54, 1.807) is 0 Å². The maximum absolute atomic E-state index is 13.8. The summed E-state index contributed by atoms with van der Waals surface area (Å²) in [5.41, 5.74) is 5.06. The summed E-state index contributed by atoms with van der Waals surface area (Å²) in [6.45, 7) is 13.2. The van der Waals surface area contributed by atoms with E-state index in [0.717, 1.165) is 64.9 Å². The molecule has 2 aromatic carbocycles. The number of alkyl carbamates (subject to hydrolysis) is 2. The first-order valence-electron chi connectivity index (χ1n) is 20.2. The van der Waals surface area contributed by atoms with Gasteiger partial charge in [0.05, 0.1) is 48.9 Å². The highest BCUT2D eigenvalue weighted by atomic mass is 16.5. The number of aromatic amines is 2. The molecule has 4 amide bonds. The molecular weight excluding hydrogens is 737 g/mol. The number of fused-ring (bicyclic) bond motifs is 1. The number of carbonyl (C=O) groups excluding carboxylic acids is 4. The molecule has 4 atom stereocenters. The summed E-state index contributed by atoms with van der Waals surface area (Å²) in [7, 11) is 2.60. The fraction of sp³-hybridized carbons (Fsp3) is 0.500. The number of nitrogens with zero attached hydrogens (tertiary/aromatic N) is 4. The lowest BCUT2D eigenvalue weighted by molar-refractivity contribution is -0.139. The topological polar surface area (TPSA) is 175 Å². The van der Waals surface area contributed by atoms with Gasteiger partial charge in [-0.2, -0.15) is 0 Å². The third kappa shape index (κ3) is 9.30. The molecule has 1 aliphatic carbocycles. The molecule has 0 radical (unpaired) electrons. The minimum Gasteiger partial charge on any atom is -0.453 e. The highest BCUT2D eigenvalue weighted by Crippen LogP contribution is 2.58. The largest absolute Gasteiger partial charge is 0.453 e. The smallest absolute Gasteiger partial charge is 0.407 e. The van der Waals surface area contributed by atoms with Crippen LogP contribution in [0, 0.1) is 35.0 Å². The van der Waals surface area contributed by atoms with Gasteiger partial charge in [0.2, 0.25) is 11.8 Å². The van der Waals surface area contributed by atoms with E-state index in [-0.39, 0.29) is 47.7 Å². The highest BCUT2D eigenvalue weighted by molar-refractivity contribution is 5.87. The van der Waals surface area contributed by atoms with Crippen molar-refractivity contribution in [3.8, 4) is 23.1 Å². The number of ether oxygens (including phenoxy) is 2. The molecule has 3 heterocycles. The molecule has 4 N–H and O–H groups in total. The second kappa shape index (κ2) is 17.7. The molecule has 58 heavy (non-hydrogen) atoms. The molecule has 1 aliphatic heterocycles. The molecule has 1 saturated carbocycles. The van der Waals surface area contributed by atoms with Gasteiger partial charge in [0.15, 0.2) is 0 Å². The maximum atomic E-state index is 13.8. The van der Waals surface area contributed by atoms with Crippen molar-refractivity contribution in [2.75, 3.05) is 33.9 Å². The van der Waals surface area contributed by atoms with Crippen molar-refractivity contribution in [2.45, 2.75) is 85.4 Å². The van der Waals surface area contributed by atoms with Gasteiger partial charge >= 0.3 is 12.2 Å². The van der Waals surface area contributed by atoms with Gasteiger partial charge in [-0.25, -0.2) is 19.6 Å². The number of carbonyl (C=O) groups is 4. The Morgan fingerprint density at radius 2 is 1.64 bits per heavy atom. The number of nitrogens with one attached hydrogen (secondary N) is 4. The molecule has 14 nitrogen and oxygen atoms in total. The molecule has 2 aliphatic rings. The Labute approximate surface area is 340 Å². The number of H-pyrrole nitrogens is 2. The van der Waals surface area contributed by atoms with Crippen molar-refractivity contribution in [3.05, 3.63) is 71.4 Å². The number of amides is 4. The van der Waals surface area contributed by atoms with Gasteiger partial charge in [-0.05, 0) is 80.2 Å². The van der Waals surface area contributed by atoms with E-state index in [1.807, 2.05) is 100 Å². The first kappa shape index (κ1) is 41.8. The van der Waals surface area contributed by atoms with Gasteiger partial charge in [-0.1, -0.05) is 58.6 Å². The Morgan fingerprint density at radius 3 is 2.28 bits per heavy atom. The van der Waals surface area contributed by atoms with Crippen molar-refractivity contribution in [3.63, 3.8) is 0 Å². The Bertz CT molecular complexity index is 2180. The van der Waals surface area contributed by atoms with Crippen LogP contribution < -0.4 is 10.6 Å². The lowest BCUT2D eigenvalue weighted by Gasteiger charge is -2.33. The Morgan fingerprint density at radius 1 is 0.948 bits per heavy atom. The SMILES string of the molecule is CCCN(C(=O)[C@@H](CNC(=O)OC)C(C)C)[C@@H](C)c1nc2cc(C#Cc3ccc(-c4c[nH]c([C@@H]5CC6(CC6)CN5C(=O)[C@@H](NC(=O)OC)C(C)C)n4)cc3)ccc2[nH]1. The van der Waals surface area contributed by atoms with Crippen molar-refractivity contribution < 1.29 is 28.7 Å². The zero-order valence-corrected chi connectivity index (χ0v) is 34.8. The summed E-state index contributed by atoms with van der Waals surface area (Å²) in [4.78, 5) is 71.8. The zero-order chi connectivity index (χ0) is 41.7. The Balaban J connectivity index is 1.14. The number of likely N-dealkylation sites (tertiary alicyclic amines) is 1. The van der Waals surface area contributed by atoms with E-state index >= 15 is 0 Å². The molecule has 1 saturated heterocycles. The summed E-state index contributed by atoms with van der Waals surface area (Å²) in [6, 6.07) is 12.5.